The number of nitrogens with one attached hydrogen (secondary N) is 1. The van der Waals surface area contributed by atoms with E-state index in [2.05, 4.69) is 5.32 Å². The molecule has 0 bridgehead atoms. The Morgan fingerprint density at radius 1 is 1.19 bits per heavy atom. The van der Waals surface area contributed by atoms with E-state index in [0.29, 0.717) is 34.8 Å². The van der Waals surface area contributed by atoms with Gasteiger partial charge in [0.05, 0.1) is 31.0 Å². The maximum atomic E-state index is 12.5. The summed E-state index contributed by atoms with van der Waals surface area (Å²) in [5, 5.41) is 3.86. The van der Waals surface area contributed by atoms with Crippen LogP contribution in [0.3, 0.4) is 0 Å². The lowest BCUT2D eigenvalue weighted by atomic mass is 10.2. The Labute approximate surface area is 129 Å². The summed E-state index contributed by atoms with van der Waals surface area (Å²) in [6.45, 7) is 0.669. The van der Waals surface area contributed by atoms with Crippen molar-refractivity contribution in [3.05, 3.63) is 17.2 Å². The van der Waals surface area contributed by atoms with Gasteiger partial charge in [-0.3, -0.25) is 4.79 Å². The SMILES string of the molecule is COc1cc(OC)c(N2CCC(NC3CC3)C2=O)cc1Cl. The lowest BCUT2D eigenvalue weighted by Crippen LogP contribution is -2.39. The molecular formula is C15H19ClN2O3. The van der Waals surface area contributed by atoms with E-state index in [1.807, 2.05) is 0 Å². The summed E-state index contributed by atoms with van der Waals surface area (Å²) in [6, 6.07) is 3.87. The highest BCUT2D eigenvalue weighted by atomic mass is 35.5. The third-order valence-electron chi connectivity index (χ3n) is 3.96. The summed E-state index contributed by atoms with van der Waals surface area (Å²) in [7, 11) is 3.13. The maximum Gasteiger partial charge on any atom is 0.244 e. The molecule has 1 aromatic rings. The molecule has 1 N–H and O–H groups in total. The van der Waals surface area contributed by atoms with Crippen molar-refractivity contribution < 1.29 is 14.3 Å². The van der Waals surface area contributed by atoms with Crippen molar-refractivity contribution in [3.63, 3.8) is 0 Å². The molecule has 1 saturated heterocycles. The first-order valence-corrected chi connectivity index (χ1v) is 7.50. The summed E-state index contributed by atoms with van der Waals surface area (Å²) in [6.07, 6.45) is 3.14. The maximum absolute atomic E-state index is 12.5. The van der Waals surface area contributed by atoms with Crippen LogP contribution in [-0.2, 0) is 4.79 Å². The molecule has 0 aromatic heterocycles. The number of amides is 1. The van der Waals surface area contributed by atoms with E-state index in [1.54, 1.807) is 31.3 Å². The number of carbonyl (C=O) groups excluding carboxylic acids is 1. The topological polar surface area (TPSA) is 50.8 Å². The summed E-state index contributed by atoms with van der Waals surface area (Å²) in [4.78, 5) is 14.3. The Hall–Kier alpha value is -1.46. The highest BCUT2D eigenvalue weighted by Gasteiger charge is 2.37. The first kappa shape index (κ1) is 14.5. The van der Waals surface area contributed by atoms with E-state index in [4.69, 9.17) is 21.1 Å². The molecule has 3 rings (SSSR count). The Morgan fingerprint density at radius 3 is 2.52 bits per heavy atom. The van der Waals surface area contributed by atoms with Crippen molar-refractivity contribution in [2.75, 3.05) is 25.7 Å². The molecule has 6 heteroatoms. The zero-order chi connectivity index (χ0) is 15.0. The van der Waals surface area contributed by atoms with Gasteiger partial charge >= 0.3 is 0 Å². The number of ether oxygens (including phenoxy) is 2. The fourth-order valence-electron chi connectivity index (χ4n) is 2.66. The van der Waals surface area contributed by atoms with Crippen molar-refractivity contribution in [2.24, 2.45) is 0 Å². The number of hydrogen-bond donors (Lipinski definition) is 1. The number of halogens is 1. The van der Waals surface area contributed by atoms with E-state index in [0.717, 1.165) is 6.42 Å². The normalized spacial score (nSPS) is 21.8. The first-order valence-electron chi connectivity index (χ1n) is 7.13. The van der Waals surface area contributed by atoms with E-state index in [1.165, 1.54) is 12.8 Å². The van der Waals surface area contributed by atoms with Gasteiger partial charge in [-0.1, -0.05) is 11.6 Å². The average Bonchev–Trinajstić information content (AvgIpc) is 3.23. The molecule has 1 unspecified atom stereocenters. The van der Waals surface area contributed by atoms with Crippen LogP contribution in [0.15, 0.2) is 12.1 Å². The quantitative estimate of drug-likeness (QED) is 0.906. The second-order valence-corrected chi connectivity index (χ2v) is 5.84. The van der Waals surface area contributed by atoms with Crippen molar-refractivity contribution in [1.29, 1.82) is 0 Å². The lowest BCUT2D eigenvalue weighted by molar-refractivity contribution is -0.118. The highest BCUT2D eigenvalue weighted by molar-refractivity contribution is 6.32. The van der Waals surface area contributed by atoms with Crippen molar-refractivity contribution in [1.82, 2.24) is 5.32 Å². The number of rotatable bonds is 5. The van der Waals surface area contributed by atoms with Crippen LogP contribution in [0.5, 0.6) is 11.5 Å². The van der Waals surface area contributed by atoms with E-state index in [9.17, 15) is 4.79 Å². The third-order valence-corrected chi connectivity index (χ3v) is 4.26. The van der Waals surface area contributed by atoms with Gasteiger partial charge in [0.2, 0.25) is 5.91 Å². The summed E-state index contributed by atoms with van der Waals surface area (Å²) < 4.78 is 10.6. The number of hydrogen-bond acceptors (Lipinski definition) is 4. The fourth-order valence-corrected chi connectivity index (χ4v) is 2.90. The van der Waals surface area contributed by atoms with E-state index >= 15 is 0 Å². The number of carbonyl (C=O) groups is 1. The second kappa shape index (κ2) is 5.73. The number of anilines is 1. The van der Waals surface area contributed by atoms with Gasteiger partial charge in [0.15, 0.2) is 0 Å². The molecule has 0 radical (unpaired) electrons. The first-order chi connectivity index (χ1) is 10.1. The Kier molecular flexibility index (Phi) is 3.95. The summed E-state index contributed by atoms with van der Waals surface area (Å²) in [5.74, 6) is 1.22. The van der Waals surface area contributed by atoms with Crippen LogP contribution in [0.2, 0.25) is 5.02 Å². The molecule has 1 heterocycles. The smallest absolute Gasteiger partial charge is 0.244 e. The minimum atomic E-state index is -0.0944. The highest BCUT2D eigenvalue weighted by Crippen LogP contribution is 2.39. The van der Waals surface area contributed by atoms with E-state index < -0.39 is 0 Å². The Bertz CT molecular complexity index is 560. The number of benzene rings is 1. The van der Waals surface area contributed by atoms with Gasteiger partial charge in [-0.15, -0.1) is 0 Å². The zero-order valence-electron chi connectivity index (χ0n) is 12.2. The molecule has 2 aliphatic rings. The Morgan fingerprint density at radius 2 is 1.90 bits per heavy atom. The molecular weight excluding hydrogens is 292 g/mol. The van der Waals surface area contributed by atoms with Gasteiger partial charge in [-0.05, 0) is 25.3 Å². The zero-order valence-corrected chi connectivity index (χ0v) is 12.9. The van der Waals surface area contributed by atoms with Crippen LogP contribution in [0.25, 0.3) is 0 Å². The van der Waals surface area contributed by atoms with Crippen molar-refractivity contribution in [3.8, 4) is 11.5 Å². The van der Waals surface area contributed by atoms with Gasteiger partial charge in [0.1, 0.15) is 11.5 Å². The van der Waals surface area contributed by atoms with Crippen LogP contribution in [0.4, 0.5) is 5.69 Å². The van der Waals surface area contributed by atoms with Gasteiger partial charge in [0, 0.05) is 18.7 Å². The van der Waals surface area contributed by atoms with Crippen molar-refractivity contribution >= 4 is 23.2 Å². The third kappa shape index (κ3) is 2.80. The second-order valence-electron chi connectivity index (χ2n) is 5.43. The number of nitrogens with zero attached hydrogens (tertiary/aromatic N) is 1. The van der Waals surface area contributed by atoms with Crippen LogP contribution in [0.1, 0.15) is 19.3 Å². The Balaban J connectivity index is 1.85. The van der Waals surface area contributed by atoms with Gasteiger partial charge in [-0.25, -0.2) is 0 Å². The molecule has 2 fully saturated rings. The largest absolute Gasteiger partial charge is 0.495 e. The minimum absolute atomic E-state index is 0.0847. The molecule has 1 aromatic carbocycles. The predicted molar refractivity (Wildman–Crippen MR) is 81.5 cm³/mol. The summed E-state index contributed by atoms with van der Waals surface area (Å²) in [5.41, 5.74) is 0.702. The van der Waals surface area contributed by atoms with Crippen LogP contribution in [-0.4, -0.2) is 38.8 Å². The lowest BCUT2D eigenvalue weighted by Gasteiger charge is -2.21. The van der Waals surface area contributed by atoms with Crippen LogP contribution < -0.4 is 19.7 Å². The molecule has 21 heavy (non-hydrogen) atoms. The van der Waals surface area contributed by atoms with Gasteiger partial charge in [0.25, 0.3) is 0 Å². The molecule has 0 spiro atoms. The predicted octanol–water partition coefficient (Wildman–Crippen LogP) is 2.21. The van der Waals surface area contributed by atoms with Gasteiger partial charge < -0.3 is 19.7 Å². The summed E-state index contributed by atoms with van der Waals surface area (Å²) >= 11 is 6.18. The molecule has 1 atom stereocenters. The van der Waals surface area contributed by atoms with Crippen LogP contribution >= 0.6 is 11.6 Å². The molecule has 114 valence electrons. The van der Waals surface area contributed by atoms with E-state index in [-0.39, 0.29) is 11.9 Å². The molecule has 5 nitrogen and oxygen atoms in total. The monoisotopic (exact) mass is 310 g/mol. The molecule has 1 saturated carbocycles. The standard InChI is InChI=1S/C15H19ClN2O3/c1-20-13-8-14(21-2)12(7-10(13)16)18-6-5-11(15(18)19)17-9-3-4-9/h7-9,11,17H,3-6H2,1-2H3. The van der Waals surface area contributed by atoms with Crippen molar-refractivity contribution in [2.45, 2.75) is 31.3 Å². The van der Waals surface area contributed by atoms with Crippen LogP contribution in [0, 0.1) is 0 Å². The number of methoxy groups -OCH3 is 2. The fraction of sp³-hybridized carbons (Fsp3) is 0.533. The molecule has 1 aliphatic heterocycles. The molecule has 1 amide bonds. The minimum Gasteiger partial charge on any atom is -0.495 e. The molecule has 1 aliphatic carbocycles. The van der Waals surface area contributed by atoms with Gasteiger partial charge in [-0.2, -0.15) is 0 Å². The average molecular weight is 311 g/mol.